The van der Waals surface area contributed by atoms with E-state index in [1.165, 1.54) is 0 Å². The highest BCUT2D eigenvalue weighted by Crippen LogP contribution is 2.29. The maximum Gasteiger partial charge on any atom is 0.229 e. The van der Waals surface area contributed by atoms with E-state index in [-0.39, 0.29) is 11.2 Å². The fourth-order valence-corrected chi connectivity index (χ4v) is 1.99. The average molecular weight is 256 g/mol. The summed E-state index contributed by atoms with van der Waals surface area (Å²) in [5.74, 6) is 1.56. The molecule has 0 saturated heterocycles. The minimum Gasteiger partial charge on any atom is -0.507 e. The second-order valence-corrected chi connectivity index (χ2v) is 5.63. The van der Waals surface area contributed by atoms with Crippen molar-refractivity contribution < 1.29 is 5.11 Å². The van der Waals surface area contributed by atoms with E-state index >= 15 is 0 Å². The fourth-order valence-electron chi connectivity index (χ4n) is 1.99. The summed E-state index contributed by atoms with van der Waals surface area (Å²) in [6.07, 6.45) is 1.96. The maximum absolute atomic E-state index is 9.92. The van der Waals surface area contributed by atoms with Gasteiger partial charge in [-0.1, -0.05) is 32.9 Å². The van der Waals surface area contributed by atoms with Gasteiger partial charge >= 0.3 is 0 Å². The molecule has 0 amide bonds. The van der Waals surface area contributed by atoms with E-state index in [0.29, 0.717) is 17.2 Å². The number of para-hydroxylation sites is 1. The van der Waals surface area contributed by atoms with Gasteiger partial charge in [0.25, 0.3) is 0 Å². The van der Waals surface area contributed by atoms with E-state index in [1.54, 1.807) is 12.1 Å². The summed E-state index contributed by atoms with van der Waals surface area (Å²) in [6.45, 7) is 6.34. The highest BCUT2D eigenvalue weighted by Gasteiger charge is 2.20. The van der Waals surface area contributed by atoms with Crippen LogP contribution in [0.5, 0.6) is 5.75 Å². The van der Waals surface area contributed by atoms with Crippen LogP contribution < -0.4 is 0 Å². The Bertz CT molecular complexity index is 733. The number of H-pyrrole nitrogens is 1. The molecule has 0 fully saturated rings. The Labute approximate surface area is 110 Å². The second kappa shape index (κ2) is 3.85. The van der Waals surface area contributed by atoms with Gasteiger partial charge in [-0.3, -0.25) is 4.40 Å². The molecular formula is C14H16N4O. The number of hydrogen-bond acceptors (Lipinski definition) is 3. The van der Waals surface area contributed by atoms with Crippen LogP contribution in [0.25, 0.3) is 17.2 Å². The van der Waals surface area contributed by atoms with Gasteiger partial charge in [0, 0.05) is 11.6 Å². The number of hydrogen-bond donors (Lipinski definition) is 2. The van der Waals surface area contributed by atoms with Gasteiger partial charge in [0.15, 0.2) is 5.82 Å². The monoisotopic (exact) mass is 256 g/mol. The van der Waals surface area contributed by atoms with Crippen LogP contribution in [0.15, 0.2) is 30.5 Å². The largest absolute Gasteiger partial charge is 0.507 e. The normalized spacial score (nSPS) is 12.2. The summed E-state index contributed by atoms with van der Waals surface area (Å²) in [5, 5.41) is 17.0. The number of phenolic OH excluding ortho intramolecular Hbond substituents is 1. The third-order valence-electron chi connectivity index (χ3n) is 3.11. The van der Waals surface area contributed by atoms with Gasteiger partial charge in [-0.2, -0.15) is 5.10 Å². The van der Waals surface area contributed by atoms with Crippen LogP contribution in [-0.4, -0.2) is 24.7 Å². The van der Waals surface area contributed by atoms with Gasteiger partial charge in [0.1, 0.15) is 5.75 Å². The summed E-state index contributed by atoms with van der Waals surface area (Å²) in [7, 11) is 0. The Morgan fingerprint density at radius 3 is 2.63 bits per heavy atom. The van der Waals surface area contributed by atoms with E-state index in [0.717, 1.165) is 5.69 Å². The summed E-state index contributed by atoms with van der Waals surface area (Å²) in [5.41, 5.74) is 1.65. The number of nitrogens with one attached hydrogen (secondary N) is 1. The van der Waals surface area contributed by atoms with Crippen molar-refractivity contribution in [2.75, 3.05) is 0 Å². The van der Waals surface area contributed by atoms with Crippen LogP contribution in [0.1, 0.15) is 26.5 Å². The number of aromatic hydroxyl groups is 1. The average Bonchev–Trinajstić information content (AvgIpc) is 2.88. The van der Waals surface area contributed by atoms with Crippen LogP contribution in [0, 0.1) is 0 Å². The molecule has 2 N–H and O–H groups in total. The molecule has 5 nitrogen and oxygen atoms in total. The number of rotatable bonds is 1. The SMILES string of the molecule is CC(C)(C)c1cn2c(-c3ccccc3O)n[nH]c2n1. The lowest BCUT2D eigenvalue weighted by Crippen LogP contribution is -2.11. The molecular weight excluding hydrogens is 240 g/mol. The highest BCUT2D eigenvalue weighted by molar-refractivity contribution is 5.65. The zero-order valence-corrected chi connectivity index (χ0v) is 11.2. The van der Waals surface area contributed by atoms with Crippen molar-refractivity contribution in [2.24, 2.45) is 0 Å². The fraction of sp³-hybridized carbons (Fsp3) is 0.286. The molecule has 0 atom stereocenters. The van der Waals surface area contributed by atoms with Crippen molar-refractivity contribution in [3.63, 3.8) is 0 Å². The Morgan fingerprint density at radius 1 is 1.21 bits per heavy atom. The van der Waals surface area contributed by atoms with Gasteiger partial charge in [-0.25, -0.2) is 10.1 Å². The number of aromatic nitrogens is 4. The summed E-state index contributed by atoms with van der Waals surface area (Å²) >= 11 is 0. The molecule has 2 heterocycles. The van der Waals surface area contributed by atoms with Gasteiger partial charge < -0.3 is 5.11 Å². The standard InChI is InChI=1S/C14H16N4O/c1-14(2,3)11-8-18-12(16-17-13(18)15-11)9-6-4-5-7-10(9)19/h4-8,19H,1-3H3,(H,15,17). The predicted molar refractivity (Wildman–Crippen MR) is 73.1 cm³/mol. The Kier molecular flexibility index (Phi) is 2.38. The molecule has 0 radical (unpaired) electrons. The molecule has 0 saturated carbocycles. The molecule has 0 spiro atoms. The van der Waals surface area contributed by atoms with Crippen molar-refractivity contribution in [1.29, 1.82) is 0 Å². The number of benzene rings is 1. The van der Waals surface area contributed by atoms with Crippen LogP contribution in [0.3, 0.4) is 0 Å². The first-order valence-electron chi connectivity index (χ1n) is 6.19. The molecule has 0 aliphatic heterocycles. The first-order valence-corrected chi connectivity index (χ1v) is 6.19. The first-order chi connectivity index (χ1) is 8.97. The maximum atomic E-state index is 9.92. The van der Waals surface area contributed by atoms with Gasteiger partial charge in [-0.05, 0) is 12.1 Å². The van der Waals surface area contributed by atoms with Crippen LogP contribution in [-0.2, 0) is 5.41 Å². The lowest BCUT2D eigenvalue weighted by molar-refractivity contribution is 0.477. The van der Waals surface area contributed by atoms with E-state index < -0.39 is 0 Å². The lowest BCUT2D eigenvalue weighted by atomic mass is 9.93. The second-order valence-electron chi connectivity index (χ2n) is 5.63. The molecule has 3 rings (SSSR count). The molecule has 0 unspecified atom stereocenters. The summed E-state index contributed by atoms with van der Waals surface area (Å²) in [4.78, 5) is 4.52. The molecule has 19 heavy (non-hydrogen) atoms. The van der Waals surface area contributed by atoms with Gasteiger partial charge in [-0.15, -0.1) is 0 Å². The van der Waals surface area contributed by atoms with Crippen LogP contribution in [0.2, 0.25) is 0 Å². The predicted octanol–water partition coefficient (Wildman–Crippen LogP) is 2.73. The topological polar surface area (TPSA) is 66.2 Å². The van der Waals surface area contributed by atoms with Crippen molar-refractivity contribution in [3.8, 4) is 17.1 Å². The minimum atomic E-state index is -0.0249. The smallest absolute Gasteiger partial charge is 0.229 e. The Hall–Kier alpha value is -2.30. The molecule has 0 aliphatic rings. The molecule has 0 aliphatic carbocycles. The molecule has 1 aromatic carbocycles. The number of nitrogens with zero attached hydrogens (tertiary/aromatic N) is 3. The van der Waals surface area contributed by atoms with E-state index in [2.05, 4.69) is 36.0 Å². The minimum absolute atomic E-state index is 0.0249. The van der Waals surface area contributed by atoms with E-state index in [1.807, 2.05) is 22.7 Å². The summed E-state index contributed by atoms with van der Waals surface area (Å²) < 4.78 is 1.87. The van der Waals surface area contributed by atoms with E-state index in [9.17, 15) is 5.11 Å². The molecule has 3 aromatic rings. The Morgan fingerprint density at radius 2 is 1.95 bits per heavy atom. The quantitative estimate of drug-likeness (QED) is 0.703. The first kappa shape index (κ1) is 11.8. The Balaban J connectivity index is 2.21. The van der Waals surface area contributed by atoms with Gasteiger partial charge in [0.05, 0.1) is 11.3 Å². The summed E-state index contributed by atoms with van der Waals surface area (Å²) in [6, 6.07) is 7.15. The van der Waals surface area contributed by atoms with Crippen LogP contribution >= 0.6 is 0 Å². The molecule has 0 bridgehead atoms. The third-order valence-corrected chi connectivity index (χ3v) is 3.11. The van der Waals surface area contributed by atoms with E-state index in [4.69, 9.17) is 0 Å². The van der Waals surface area contributed by atoms with Gasteiger partial charge in [0.2, 0.25) is 5.78 Å². The van der Waals surface area contributed by atoms with Crippen molar-refractivity contribution in [2.45, 2.75) is 26.2 Å². The zero-order chi connectivity index (χ0) is 13.6. The number of fused-ring (bicyclic) bond motifs is 1. The zero-order valence-electron chi connectivity index (χ0n) is 11.2. The van der Waals surface area contributed by atoms with Crippen molar-refractivity contribution in [3.05, 3.63) is 36.2 Å². The highest BCUT2D eigenvalue weighted by atomic mass is 16.3. The number of aromatic amines is 1. The van der Waals surface area contributed by atoms with Crippen molar-refractivity contribution >= 4 is 5.78 Å². The lowest BCUT2D eigenvalue weighted by Gasteiger charge is -2.13. The number of phenols is 1. The molecule has 5 heteroatoms. The molecule has 2 aromatic heterocycles. The van der Waals surface area contributed by atoms with Crippen molar-refractivity contribution in [1.82, 2.24) is 19.6 Å². The number of imidazole rings is 1. The van der Waals surface area contributed by atoms with Crippen LogP contribution in [0.4, 0.5) is 0 Å². The third kappa shape index (κ3) is 1.87. The molecule has 98 valence electrons.